The molecule has 0 spiro atoms. The molecule has 1 aromatic heterocycles. The molecular weight excluding hydrogens is 328 g/mol. The van der Waals surface area contributed by atoms with E-state index in [1.807, 2.05) is 13.0 Å². The van der Waals surface area contributed by atoms with E-state index in [1.54, 1.807) is 22.8 Å². The summed E-state index contributed by atoms with van der Waals surface area (Å²) >= 11 is 5.89. The SMILES string of the molecule is CCn1c(=O)c(C=Nc2cc(Cl)ccc2O)c(O)c2ccccc21. The van der Waals surface area contributed by atoms with Crippen LogP contribution in [0.15, 0.2) is 52.3 Å². The maximum absolute atomic E-state index is 12.6. The average molecular weight is 343 g/mol. The quantitative estimate of drug-likeness (QED) is 0.710. The molecule has 0 saturated heterocycles. The number of aliphatic imine (C=N–C) groups is 1. The number of aromatic hydroxyl groups is 2. The Hall–Kier alpha value is -2.79. The van der Waals surface area contributed by atoms with Crippen molar-refractivity contribution in [2.24, 2.45) is 4.99 Å². The molecule has 0 aliphatic carbocycles. The molecule has 5 nitrogen and oxygen atoms in total. The Morgan fingerprint density at radius 2 is 1.96 bits per heavy atom. The van der Waals surface area contributed by atoms with Crippen molar-refractivity contribution in [1.29, 1.82) is 0 Å². The highest BCUT2D eigenvalue weighted by atomic mass is 35.5. The van der Waals surface area contributed by atoms with Crippen molar-refractivity contribution < 1.29 is 10.2 Å². The fourth-order valence-corrected chi connectivity index (χ4v) is 2.74. The number of para-hydroxylation sites is 1. The van der Waals surface area contributed by atoms with Crippen molar-refractivity contribution in [2.75, 3.05) is 0 Å². The summed E-state index contributed by atoms with van der Waals surface area (Å²) in [6.07, 6.45) is 1.25. The van der Waals surface area contributed by atoms with Crippen LogP contribution in [-0.2, 0) is 6.54 Å². The van der Waals surface area contributed by atoms with Crippen LogP contribution in [0.2, 0.25) is 5.02 Å². The van der Waals surface area contributed by atoms with Gasteiger partial charge in [0.2, 0.25) is 0 Å². The molecular formula is C18H15ClN2O3. The summed E-state index contributed by atoms with van der Waals surface area (Å²) in [5.74, 6) is -0.197. The Labute approximate surface area is 143 Å². The predicted octanol–water partition coefficient (Wildman–Crippen LogP) is 3.84. The minimum absolute atomic E-state index is 0.0632. The van der Waals surface area contributed by atoms with Gasteiger partial charge in [-0.3, -0.25) is 9.79 Å². The lowest BCUT2D eigenvalue weighted by atomic mass is 10.1. The van der Waals surface area contributed by atoms with Gasteiger partial charge in [-0.25, -0.2) is 0 Å². The van der Waals surface area contributed by atoms with Gasteiger partial charge in [0.15, 0.2) is 0 Å². The van der Waals surface area contributed by atoms with Crippen molar-refractivity contribution in [1.82, 2.24) is 4.57 Å². The number of hydrogen-bond acceptors (Lipinski definition) is 4. The second-order valence-corrected chi connectivity index (χ2v) is 5.66. The van der Waals surface area contributed by atoms with Gasteiger partial charge in [-0.2, -0.15) is 0 Å². The van der Waals surface area contributed by atoms with Gasteiger partial charge in [0.1, 0.15) is 22.7 Å². The van der Waals surface area contributed by atoms with Gasteiger partial charge in [-0.1, -0.05) is 23.7 Å². The van der Waals surface area contributed by atoms with Crippen LogP contribution >= 0.6 is 11.6 Å². The maximum atomic E-state index is 12.6. The first kappa shape index (κ1) is 16.1. The van der Waals surface area contributed by atoms with Crippen molar-refractivity contribution >= 4 is 34.4 Å². The van der Waals surface area contributed by atoms with Crippen molar-refractivity contribution in [2.45, 2.75) is 13.5 Å². The number of pyridine rings is 1. The van der Waals surface area contributed by atoms with E-state index in [-0.39, 0.29) is 28.3 Å². The molecule has 3 rings (SSSR count). The molecule has 0 bridgehead atoms. The van der Waals surface area contributed by atoms with Gasteiger partial charge in [0, 0.05) is 23.2 Å². The van der Waals surface area contributed by atoms with Gasteiger partial charge in [-0.05, 0) is 37.3 Å². The van der Waals surface area contributed by atoms with E-state index in [2.05, 4.69) is 4.99 Å². The number of nitrogens with zero attached hydrogens (tertiary/aromatic N) is 2. The number of phenolic OH excluding ortho intramolecular Hbond substituents is 1. The van der Waals surface area contributed by atoms with Crippen LogP contribution in [0.4, 0.5) is 5.69 Å². The van der Waals surface area contributed by atoms with E-state index < -0.39 is 0 Å². The Balaban J connectivity index is 2.21. The van der Waals surface area contributed by atoms with E-state index in [9.17, 15) is 15.0 Å². The third-order valence-electron chi connectivity index (χ3n) is 3.77. The molecule has 2 N–H and O–H groups in total. The topological polar surface area (TPSA) is 74.8 Å². The summed E-state index contributed by atoms with van der Waals surface area (Å²) in [6, 6.07) is 11.5. The molecule has 0 atom stereocenters. The zero-order valence-electron chi connectivity index (χ0n) is 12.9. The minimum atomic E-state index is -0.348. The molecule has 0 aliphatic heterocycles. The second-order valence-electron chi connectivity index (χ2n) is 5.22. The van der Waals surface area contributed by atoms with Crippen molar-refractivity contribution in [3.05, 3.63) is 63.4 Å². The number of aryl methyl sites for hydroxylation is 1. The average Bonchev–Trinajstić information content (AvgIpc) is 2.58. The molecule has 24 heavy (non-hydrogen) atoms. The molecule has 0 radical (unpaired) electrons. The lowest BCUT2D eigenvalue weighted by molar-refractivity contribution is 0.476. The minimum Gasteiger partial charge on any atom is -0.506 e. The Morgan fingerprint density at radius 1 is 1.21 bits per heavy atom. The third-order valence-corrected chi connectivity index (χ3v) is 4.00. The molecule has 0 unspecified atom stereocenters. The standard InChI is InChI=1S/C18H15ClN2O3/c1-2-21-15-6-4-3-5-12(15)17(23)13(18(21)24)10-20-14-9-11(19)7-8-16(14)22/h3-10,22-23H,2H2,1H3. The van der Waals surface area contributed by atoms with Crippen molar-refractivity contribution in [3.63, 3.8) is 0 Å². The van der Waals surface area contributed by atoms with Gasteiger partial charge in [-0.15, -0.1) is 0 Å². The summed E-state index contributed by atoms with van der Waals surface area (Å²) in [5, 5.41) is 21.2. The van der Waals surface area contributed by atoms with Crippen LogP contribution in [0.1, 0.15) is 12.5 Å². The number of hydrogen-bond donors (Lipinski definition) is 2. The van der Waals surface area contributed by atoms with Crippen LogP contribution in [0, 0.1) is 0 Å². The van der Waals surface area contributed by atoms with Crippen LogP contribution in [0.5, 0.6) is 11.5 Å². The third kappa shape index (κ3) is 2.74. The Morgan fingerprint density at radius 3 is 2.71 bits per heavy atom. The largest absolute Gasteiger partial charge is 0.506 e. The molecule has 0 amide bonds. The zero-order chi connectivity index (χ0) is 17.3. The normalized spacial score (nSPS) is 11.4. The van der Waals surface area contributed by atoms with E-state index in [1.165, 1.54) is 24.4 Å². The Bertz CT molecular complexity index is 1010. The molecule has 3 aromatic rings. The molecule has 1 heterocycles. The summed E-state index contributed by atoms with van der Waals surface area (Å²) in [5.41, 5.74) is 0.594. The van der Waals surface area contributed by atoms with E-state index >= 15 is 0 Å². The first-order valence-electron chi connectivity index (χ1n) is 7.40. The molecule has 0 aliphatic rings. The van der Waals surface area contributed by atoms with E-state index in [4.69, 9.17) is 11.6 Å². The highest BCUT2D eigenvalue weighted by molar-refractivity contribution is 6.30. The summed E-state index contributed by atoms with van der Waals surface area (Å²) in [7, 11) is 0. The smallest absolute Gasteiger partial charge is 0.263 e. The number of aromatic nitrogens is 1. The van der Waals surface area contributed by atoms with E-state index in [0.29, 0.717) is 22.5 Å². The fraction of sp³-hybridized carbons (Fsp3) is 0.111. The number of halogens is 1. The fourth-order valence-electron chi connectivity index (χ4n) is 2.57. The van der Waals surface area contributed by atoms with Crippen LogP contribution in [-0.4, -0.2) is 21.0 Å². The zero-order valence-corrected chi connectivity index (χ0v) is 13.7. The first-order valence-corrected chi connectivity index (χ1v) is 7.77. The number of phenols is 1. The number of rotatable bonds is 3. The molecule has 122 valence electrons. The molecule has 6 heteroatoms. The van der Waals surface area contributed by atoms with Crippen LogP contribution < -0.4 is 5.56 Å². The monoisotopic (exact) mass is 342 g/mol. The van der Waals surface area contributed by atoms with Gasteiger partial charge >= 0.3 is 0 Å². The van der Waals surface area contributed by atoms with Crippen molar-refractivity contribution in [3.8, 4) is 11.5 Å². The first-order chi connectivity index (χ1) is 11.5. The predicted molar refractivity (Wildman–Crippen MR) is 95.9 cm³/mol. The summed E-state index contributed by atoms with van der Waals surface area (Å²) in [6.45, 7) is 2.32. The highest BCUT2D eigenvalue weighted by Gasteiger charge is 2.14. The number of fused-ring (bicyclic) bond motifs is 1. The van der Waals surface area contributed by atoms with E-state index in [0.717, 1.165) is 0 Å². The maximum Gasteiger partial charge on any atom is 0.263 e. The number of benzene rings is 2. The molecule has 2 aromatic carbocycles. The highest BCUT2D eigenvalue weighted by Crippen LogP contribution is 2.30. The second kappa shape index (κ2) is 6.37. The van der Waals surface area contributed by atoms with Crippen LogP contribution in [0.3, 0.4) is 0 Å². The summed E-state index contributed by atoms with van der Waals surface area (Å²) in [4.78, 5) is 16.7. The van der Waals surface area contributed by atoms with Crippen LogP contribution in [0.25, 0.3) is 10.9 Å². The van der Waals surface area contributed by atoms with Gasteiger partial charge in [0.05, 0.1) is 5.52 Å². The lowest BCUT2D eigenvalue weighted by Crippen LogP contribution is -2.23. The Kier molecular flexibility index (Phi) is 4.27. The molecule has 0 fully saturated rings. The lowest BCUT2D eigenvalue weighted by Gasteiger charge is -2.11. The molecule has 0 saturated carbocycles. The van der Waals surface area contributed by atoms with Gasteiger partial charge in [0.25, 0.3) is 5.56 Å². The summed E-state index contributed by atoms with van der Waals surface area (Å²) < 4.78 is 1.56. The van der Waals surface area contributed by atoms with Gasteiger partial charge < -0.3 is 14.8 Å².